The maximum atomic E-state index is 11.3. The molecule has 0 aliphatic carbocycles. The molecule has 8 nitrogen and oxygen atoms in total. The highest BCUT2D eigenvalue weighted by Crippen LogP contribution is 1.92. The van der Waals surface area contributed by atoms with E-state index in [2.05, 4.69) is 11.9 Å². The van der Waals surface area contributed by atoms with E-state index in [4.69, 9.17) is 14.9 Å². The third-order valence-electron chi connectivity index (χ3n) is 1.98. The van der Waals surface area contributed by atoms with Crippen LogP contribution >= 0.6 is 0 Å². The summed E-state index contributed by atoms with van der Waals surface area (Å²) in [5, 5.41) is 21.6. The predicted molar refractivity (Wildman–Crippen MR) is 65.8 cm³/mol. The number of carboxylic acids is 2. The molecule has 0 spiro atoms. The largest absolute Gasteiger partial charge is 0.481 e. The Balaban J connectivity index is 3.84. The highest BCUT2D eigenvalue weighted by atomic mass is 16.5. The first-order valence-electron chi connectivity index (χ1n) is 5.65. The molecular weight excluding hydrogens is 256 g/mol. The van der Waals surface area contributed by atoms with Gasteiger partial charge < -0.3 is 25.6 Å². The third-order valence-corrected chi connectivity index (χ3v) is 1.98. The normalized spacial score (nSPS) is 11.4. The maximum absolute atomic E-state index is 11.3. The van der Waals surface area contributed by atoms with Gasteiger partial charge in [-0.2, -0.15) is 0 Å². The second-order valence-electron chi connectivity index (χ2n) is 3.58. The Morgan fingerprint density at radius 3 is 2.47 bits per heavy atom. The monoisotopic (exact) mass is 274 g/mol. The number of ether oxygens (including phenoxy) is 1. The average Bonchev–Trinajstić information content (AvgIpc) is 2.32. The zero-order chi connectivity index (χ0) is 14.7. The standard InChI is InChI=1S/C11H18N2O6/c1-2-3-5-19-6-4-12-11(18)13-8(10(16)17)7-9(14)15/h2,8H,1,3-7H2,(H,14,15)(H,16,17)(H2,12,13,18)/t8-/m0/s1. The van der Waals surface area contributed by atoms with Crippen LogP contribution in [0, 0.1) is 0 Å². The van der Waals surface area contributed by atoms with Crippen molar-refractivity contribution < 1.29 is 29.3 Å². The van der Waals surface area contributed by atoms with Crippen LogP contribution in [0.3, 0.4) is 0 Å². The van der Waals surface area contributed by atoms with Crippen LogP contribution in [-0.2, 0) is 14.3 Å². The lowest BCUT2D eigenvalue weighted by Gasteiger charge is -2.13. The second-order valence-corrected chi connectivity index (χ2v) is 3.58. The molecule has 0 radical (unpaired) electrons. The maximum Gasteiger partial charge on any atom is 0.326 e. The average molecular weight is 274 g/mol. The lowest BCUT2D eigenvalue weighted by molar-refractivity contribution is -0.145. The predicted octanol–water partition coefficient (Wildman–Crippen LogP) is -0.194. The molecule has 0 unspecified atom stereocenters. The van der Waals surface area contributed by atoms with Gasteiger partial charge in [-0.15, -0.1) is 6.58 Å². The Hall–Kier alpha value is -2.09. The zero-order valence-electron chi connectivity index (χ0n) is 10.4. The molecule has 0 saturated carbocycles. The first-order valence-corrected chi connectivity index (χ1v) is 5.65. The van der Waals surface area contributed by atoms with Crippen LogP contribution in [0.25, 0.3) is 0 Å². The number of hydrogen-bond donors (Lipinski definition) is 4. The molecule has 0 aromatic carbocycles. The molecule has 0 rings (SSSR count). The molecule has 0 aliphatic rings. The quantitative estimate of drug-likeness (QED) is 0.323. The van der Waals surface area contributed by atoms with Crippen molar-refractivity contribution in [1.82, 2.24) is 10.6 Å². The van der Waals surface area contributed by atoms with Gasteiger partial charge in [0, 0.05) is 6.54 Å². The van der Waals surface area contributed by atoms with Crippen molar-refractivity contribution in [3.63, 3.8) is 0 Å². The van der Waals surface area contributed by atoms with Crippen molar-refractivity contribution in [2.24, 2.45) is 0 Å². The number of urea groups is 1. The Kier molecular flexibility index (Phi) is 8.80. The molecule has 2 amide bonds. The number of aliphatic carboxylic acids is 2. The van der Waals surface area contributed by atoms with Crippen molar-refractivity contribution in [3.05, 3.63) is 12.7 Å². The van der Waals surface area contributed by atoms with Crippen molar-refractivity contribution in [2.45, 2.75) is 18.9 Å². The van der Waals surface area contributed by atoms with Gasteiger partial charge in [-0.05, 0) is 6.42 Å². The number of carboxylic acid groups (broad SMARTS) is 2. The summed E-state index contributed by atoms with van der Waals surface area (Å²) in [5.74, 6) is -2.71. The summed E-state index contributed by atoms with van der Waals surface area (Å²) in [6.45, 7) is 4.48. The summed E-state index contributed by atoms with van der Waals surface area (Å²) in [6, 6.07) is -2.21. The first kappa shape index (κ1) is 16.9. The van der Waals surface area contributed by atoms with Gasteiger partial charge in [0.25, 0.3) is 0 Å². The summed E-state index contributed by atoms with van der Waals surface area (Å²) in [5.41, 5.74) is 0. The minimum atomic E-state index is -1.46. The molecule has 19 heavy (non-hydrogen) atoms. The highest BCUT2D eigenvalue weighted by molar-refractivity contribution is 5.86. The number of rotatable bonds is 10. The minimum absolute atomic E-state index is 0.197. The van der Waals surface area contributed by atoms with Crippen LogP contribution in [0.15, 0.2) is 12.7 Å². The molecule has 8 heteroatoms. The molecule has 0 bridgehead atoms. The number of nitrogens with one attached hydrogen (secondary N) is 2. The van der Waals surface area contributed by atoms with Gasteiger partial charge in [0.2, 0.25) is 0 Å². The van der Waals surface area contributed by atoms with Crippen molar-refractivity contribution in [3.8, 4) is 0 Å². The van der Waals surface area contributed by atoms with E-state index in [-0.39, 0.29) is 13.2 Å². The molecule has 0 aromatic heterocycles. The molecule has 0 saturated heterocycles. The molecule has 0 aliphatic heterocycles. The Labute approximate surface area is 110 Å². The number of amides is 2. The second kappa shape index (κ2) is 9.89. The van der Waals surface area contributed by atoms with E-state index in [1.165, 1.54) is 0 Å². The van der Waals surface area contributed by atoms with Gasteiger partial charge in [0.1, 0.15) is 6.04 Å². The minimum Gasteiger partial charge on any atom is -0.481 e. The van der Waals surface area contributed by atoms with E-state index in [1.54, 1.807) is 6.08 Å². The summed E-state index contributed by atoms with van der Waals surface area (Å²) in [4.78, 5) is 32.4. The summed E-state index contributed by atoms with van der Waals surface area (Å²) in [7, 11) is 0. The van der Waals surface area contributed by atoms with Crippen LogP contribution in [0.2, 0.25) is 0 Å². The Morgan fingerprint density at radius 1 is 1.26 bits per heavy atom. The van der Waals surface area contributed by atoms with Gasteiger partial charge in [0.15, 0.2) is 0 Å². The summed E-state index contributed by atoms with van der Waals surface area (Å²) < 4.78 is 5.12. The van der Waals surface area contributed by atoms with E-state index in [0.29, 0.717) is 13.0 Å². The van der Waals surface area contributed by atoms with Gasteiger partial charge in [0.05, 0.1) is 19.6 Å². The first-order chi connectivity index (χ1) is 8.97. The van der Waals surface area contributed by atoms with E-state index in [1.807, 2.05) is 5.32 Å². The van der Waals surface area contributed by atoms with Crippen LogP contribution < -0.4 is 10.6 Å². The van der Waals surface area contributed by atoms with E-state index >= 15 is 0 Å². The number of carbonyl (C=O) groups excluding carboxylic acids is 1. The number of carbonyl (C=O) groups is 3. The molecule has 0 fully saturated rings. The van der Waals surface area contributed by atoms with Crippen LogP contribution in [0.4, 0.5) is 4.79 Å². The molecule has 0 aromatic rings. The molecule has 1 atom stereocenters. The fourth-order valence-electron chi connectivity index (χ4n) is 1.09. The van der Waals surface area contributed by atoms with Crippen LogP contribution in [0.5, 0.6) is 0 Å². The molecule has 4 N–H and O–H groups in total. The molecule has 108 valence electrons. The van der Waals surface area contributed by atoms with Crippen LogP contribution in [0.1, 0.15) is 12.8 Å². The van der Waals surface area contributed by atoms with E-state index in [9.17, 15) is 14.4 Å². The third kappa shape index (κ3) is 9.60. The molecular formula is C11H18N2O6. The van der Waals surface area contributed by atoms with Gasteiger partial charge in [-0.25, -0.2) is 9.59 Å². The van der Waals surface area contributed by atoms with E-state index < -0.39 is 30.4 Å². The van der Waals surface area contributed by atoms with Crippen molar-refractivity contribution in [2.75, 3.05) is 19.8 Å². The van der Waals surface area contributed by atoms with Gasteiger partial charge in [-0.1, -0.05) is 6.08 Å². The van der Waals surface area contributed by atoms with Gasteiger partial charge >= 0.3 is 18.0 Å². The van der Waals surface area contributed by atoms with Crippen molar-refractivity contribution >= 4 is 18.0 Å². The SMILES string of the molecule is C=CCCOCCNC(=O)N[C@@H](CC(=O)O)C(=O)O. The smallest absolute Gasteiger partial charge is 0.326 e. The lowest BCUT2D eigenvalue weighted by Crippen LogP contribution is -2.47. The van der Waals surface area contributed by atoms with Crippen molar-refractivity contribution in [1.29, 1.82) is 0 Å². The number of hydrogen-bond acceptors (Lipinski definition) is 4. The summed E-state index contributed by atoms with van der Waals surface area (Å²) >= 11 is 0. The fraction of sp³-hybridized carbons (Fsp3) is 0.545. The fourth-order valence-corrected chi connectivity index (χ4v) is 1.09. The zero-order valence-corrected chi connectivity index (χ0v) is 10.4. The van der Waals surface area contributed by atoms with E-state index in [0.717, 1.165) is 0 Å². The Morgan fingerprint density at radius 2 is 1.95 bits per heavy atom. The topological polar surface area (TPSA) is 125 Å². The summed E-state index contributed by atoms with van der Waals surface area (Å²) in [6.07, 6.45) is 1.72. The van der Waals surface area contributed by atoms with Gasteiger partial charge in [-0.3, -0.25) is 4.79 Å². The lowest BCUT2D eigenvalue weighted by atomic mass is 10.2. The van der Waals surface area contributed by atoms with Crippen LogP contribution in [-0.4, -0.2) is 54.0 Å². The molecule has 0 heterocycles. The highest BCUT2D eigenvalue weighted by Gasteiger charge is 2.22. The Bertz CT molecular complexity index is 331.